The lowest BCUT2D eigenvalue weighted by Crippen LogP contribution is -2.38. The molecule has 1 saturated heterocycles. The minimum Gasteiger partial charge on any atom is -0.393 e. The maximum absolute atomic E-state index is 10.3. The Labute approximate surface area is 129 Å². The Balaban J connectivity index is 1.78. The molecular formula is C19H29NO. The summed E-state index contributed by atoms with van der Waals surface area (Å²) in [7, 11) is 0. The highest BCUT2D eigenvalue weighted by atomic mass is 16.3. The number of hydrogen-bond donors (Lipinski definition) is 1. The fourth-order valence-corrected chi connectivity index (χ4v) is 4.61. The molecule has 1 aliphatic carbocycles. The van der Waals surface area contributed by atoms with Gasteiger partial charge in [0.15, 0.2) is 0 Å². The summed E-state index contributed by atoms with van der Waals surface area (Å²) >= 11 is 0. The topological polar surface area (TPSA) is 23.5 Å². The van der Waals surface area contributed by atoms with Crippen LogP contribution in [0.4, 0.5) is 0 Å². The summed E-state index contributed by atoms with van der Waals surface area (Å²) in [5.74, 6) is 0.513. The molecule has 1 saturated carbocycles. The number of nitrogens with zero attached hydrogens (tertiary/aromatic N) is 1. The summed E-state index contributed by atoms with van der Waals surface area (Å²) in [5, 5.41) is 10.3. The van der Waals surface area contributed by atoms with Crippen LogP contribution in [0.25, 0.3) is 0 Å². The molecule has 1 heterocycles. The van der Waals surface area contributed by atoms with Crippen LogP contribution in [0.1, 0.15) is 54.4 Å². The minimum absolute atomic E-state index is 0.0594. The standard InChI is InChI=1S/C19H29NO/c1-13-10-14(2)17(15(3)11-13)12-20-9-5-7-18(20)16-6-4-8-19(16)21/h10-11,16,18-19,21H,4-9,12H2,1-3H3. The predicted molar refractivity (Wildman–Crippen MR) is 87.4 cm³/mol. The Morgan fingerprint density at radius 1 is 1.05 bits per heavy atom. The zero-order chi connectivity index (χ0) is 15.0. The predicted octanol–water partition coefficient (Wildman–Crippen LogP) is 3.74. The molecule has 0 amide bonds. The van der Waals surface area contributed by atoms with Gasteiger partial charge in [-0.05, 0) is 69.7 Å². The first-order valence-electron chi connectivity index (χ1n) is 8.55. The number of aliphatic hydroxyl groups is 1. The van der Waals surface area contributed by atoms with Crippen molar-refractivity contribution in [3.05, 3.63) is 34.4 Å². The van der Waals surface area contributed by atoms with Crippen molar-refractivity contribution in [2.75, 3.05) is 6.54 Å². The first-order chi connectivity index (χ1) is 10.1. The zero-order valence-electron chi connectivity index (χ0n) is 13.7. The second kappa shape index (κ2) is 6.10. The van der Waals surface area contributed by atoms with E-state index in [2.05, 4.69) is 37.8 Å². The molecule has 21 heavy (non-hydrogen) atoms. The van der Waals surface area contributed by atoms with Crippen LogP contribution in [-0.2, 0) is 6.54 Å². The van der Waals surface area contributed by atoms with Gasteiger partial charge in [0.1, 0.15) is 0 Å². The van der Waals surface area contributed by atoms with Gasteiger partial charge in [0.2, 0.25) is 0 Å². The largest absolute Gasteiger partial charge is 0.393 e. The molecule has 116 valence electrons. The van der Waals surface area contributed by atoms with Crippen LogP contribution in [0.2, 0.25) is 0 Å². The van der Waals surface area contributed by atoms with Gasteiger partial charge in [0.05, 0.1) is 6.10 Å². The first-order valence-corrected chi connectivity index (χ1v) is 8.55. The highest BCUT2D eigenvalue weighted by Gasteiger charge is 2.38. The molecule has 1 N–H and O–H groups in total. The van der Waals surface area contributed by atoms with Crippen LogP contribution in [0.3, 0.4) is 0 Å². The third kappa shape index (κ3) is 3.02. The highest BCUT2D eigenvalue weighted by molar-refractivity contribution is 5.37. The number of likely N-dealkylation sites (tertiary alicyclic amines) is 1. The molecule has 0 bridgehead atoms. The van der Waals surface area contributed by atoms with E-state index in [-0.39, 0.29) is 6.10 Å². The van der Waals surface area contributed by atoms with Gasteiger partial charge in [-0.1, -0.05) is 24.1 Å². The van der Waals surface area contributed by atoms with Gasteiger partial charge in [-0.3, -0.25) is 4.90 Å². The third-order valence-electron chi connectivity index (χ3n) is 5.64. The lowest BCUT2D eigenvalue weighted by molar-refractivity contribution is 0.0717. The molecule has 2 nitrogen and oxygen atoms in total. The quantitative estimate of drug-likeness (QED) is 0.915. The van der Waals surface area contributed by atoms with Crippen molar-refractivity contribution < 1.29 is 5.11 Å². The number of hydrogen-bond acceptors (Lipinski definition) is 2. The van der Waals surface area contributed by atoms with Crippen LogP contribution < -0.4 is 0 Å². The fraction of sp³-hybridized carbons (Fsp3) is 0.684. The molecule has 3 rings (SSSR count). The Morgan fingerprint density at radius 3 is 2.38 bits per heavy atom. The van der Waals surface area contributed by atoms with E-state index in [1.807, 2.05) is 0 Å². The van der Waals surface area contributed by atoms with Crippen LogP contribution in [0.5, 0.6) is 0 Å². The normalized spacial score (nSPS) is 30.2. The van der Waals surface area contributed by atoms with Gasteiger partial charge < -0.3 is 5.11 Å². The summed E-state index contributed by atoms with van der Waals surface area (Å²) in [6, 6.07) is 5.21. The van der Waals surface area contributed by atoms with E-state index >= 15 is 0 Å². The van der Waals surface area contributed by atoms with Crippen molar-refractivity contribution in [2.24, 2.45) is 5.92 Å². The van der Waals surface area contributed by atoms with Crippen LogP contribution in [-0.4, -0.2) is 28.7 Å². The summed E-state index contributed by atoms with van der Waals surface area (Å²) in [6.45, 7) is 8.92. The van der Waals surface area contributed by atoms with E-state index in [0.29, 0.717) is 12.0 Å². The van der Waals surface area contributed by atoms with Gasteiger partial charge >= 0.3 is 0 Å². The lowest BCUT2D eigenvalue weighted by Gasteiger charge is -2.32. The number of aryl methyl sites for hydroxylation is 3. The highest BCUT2D eigenvalue weighted by Crippen LogP contribution is 2.36. The number of aliphatic hydroxyl groups excluding tert-OH is 1. The van der Waals surface area contributed by atoms with Crippen molar-refractivity contribution in [1.82, 2.24) is 4.90 Å². The molecule has 0 spiro atoms. The Bertz CT molecular complexity index is 487. The molecule has 1 aromatic carbocycles. The van der Waals surface area contributed by atoms with E-state index in [1.54, 1.807) is 0 Å². The summed E-state index contributed by atoms with van der Waals surface area (Å²) in [4.78, 5) is 2.64. The molecule has 2 aliphatic rings. The molecular weight excluding hydrogens is 258 g/mol. The van der Waals surface area contributed by atoms with E-state index in [1.165, 1.54) is 54.5 Å². The average molecular weight is 287 g/mol. The number of benzene rings is 1. The molecule has 2 fully saturated rings. The van der Waals surface area contributed by atoms with E-state index in [9.17, 15) is 5.11 Å². The van der Waals surface area contributed by atoms with Gasteiger partial charge in [-0.2, -0.15) is 0 Å². The Kier molecular flexibility index (Phi) is 4.37. The monoisotopic (exact) mass is 287 g/mol. The van der Waals surface area contributed by atoms with E-state index in [0.717, 1.165) is 13.0 Å². The summed E-state index contributed by atoms with van der Waals surface area (Å²) in [5.41, 5.74) is 5.70. The van der Waals surface area contributed by atoms with Crippen molar-refractivity contribution in [1.29, 1.82) is 0 Å². The molecule has 0 radical (unpaired) electrons. The van der Waals surface area contributed by atoms with Gasteiger partial charge in [0.25, 0.3) is 0 Å². The first kappa shape index (κ1) is 15.1. The molecule has 0 aromatic heterocycles. The maximum Gasteiger partial charge on any atom is 0.0583 e. The van der Waals surface area contributed by atoms with Crippen molar-refractivity contribution >= 4 is 0 Å². The third-order valence-corrected chi connectivity index (χ3v) is 5.64. The average Bonchev–Trinajstić information content (AvgIpc) is 3.02. The molecule has 3 atom stereocenters. The molecule has 1 aliphatic heterocycles. The van der Waals surface area contributed by atoms with Crippen molar-refractivity contribution in [3.8, 4) is 0 Å². The van der Waals surface area contributed by atoms with Crippen LogP contribution in [0, 0.1) is 26.7 Å². The summed E-state index contributed by atoms with van der Waals surface area (Å²) < 4.78 is 0. The summed E-state index contributed by atoms with van der Waals surface area (Å²) in [6.07, 6.45) is 5.93. The van der Waals surface area contributed by atoms with Gasteiger partial charge in [-0.15, -0.1) is 0 Å². The van der Waals surface area contributed by atoms with E-state index < -0.39 is 0 Å². The van der Waals surface area contributed by atoms with Crippen LogP contribution in [0.15, 0.2) is 12.1 Å². The molecule has 1 aromatic rings. The minimum atomic E-state index is -0.0594. The van der Waals surface area contributed by atoms with Gasteiger partial charge in [-0.25, -0.2) is 0 Å². The Morgan fingerprint density at radius 2 is 1.76 bits per heavy atom. The fourth-order valence-electron chi connectivity index (χ4n) is 4.61. The SMILES string of the molecule is Cc1cc(C)c(CN2CCCC2C2CCCC2O)c(C)c1. The van der Waals surface area contributed by atoms with Crippen LogP contribution >= 0.6 is 0 Å². The Hall–Kier alpha value is -0.860. The second-order valence-electron chi connectivity index (χ2n) is 7.22. The lowest BCUT2D eigenvalue weighted by atomic mass is 9.93. The maximum atomic E-state index is 10.3. The smallest absolute Gasteiger partial charge is 0.0583 e. The number of rotatable bonds is 3. The van der Waals surface area contributed by atoms with Crippen molar-refractivity contribution in [2.45, 2.75) is 71.6 Å². The molecule has 2 heteroatoms. The molecule has 3 unspecified atom stereocenters. The zero-order valence-corrected chi connectivity index (χ0v) is 13.7. The van der Waals surface area contributed by atoms with Crippen molar-refractivity contribution in [3.63, 3.8) is 0 Å². The van der Waals surface area contributed by atoms with E-state index in [4.69, 9.17) is 0 Å². The van der Waals surface area contributed by atoms with Gasteiger partial charge in [0, 0.05) is 18.5 Å². The second-order valence-corrected chi connectivity index (χ2v) is 7.22.